The van der Waals surface area contributed by atoms with Crippen molar-refractivity contribution >= 4 is 67.5 Å². The van der Waals surface area contributed by atoms with Gasteiger partial charge >= 0.3 is 11.9 Å². The van der Waals surface area contributed by atoms with E-state index in [1.54, 1.807) is 34.5 Å². The highest BCUT2D eigenvalue weighted by molar-refractivity contribution is 8.15. The van der Waals surface area contributed by atoms with E-state index in [0.29, 0.717) is 16.6 Å². The summed E-state index contributed by atoms with van der Waals surface area (Å²) in [4.78, 5) is 38.8. The summed E-state index contributed by atoms with van der Waals surface area (Å²) >= 11 is 2.27. The van der Waals surface area contributed by atoms with Gasteiger partial charge in [0.05, 0.1) is 29.8 Å². The molecule has 1 aromatic heterocycles. The van der Waals surface area contributed by atoms with Crippen LogP contribution >= 0.6 is 23.1 Å². The number of amides is 1. The standard InChI is InChI=1S/C18H15N3O7S3/c1-27-17(24)15-11(4-6-29-15)19-14(22)9-28-16(23)10-2-3-12-13(8-10)30-18-20-31(25,26)7-5-21(12)18/h2-4,6,8H,5,7,9H2,1H3,(H,19,22). The first-order valence-electron chi connectivity index (χ1n) is 8.82. The van der Waals surface area contributed by atoms with E-state index >= 15 is 0 Å². The van der Waals surface area contributed by atoms with Crippen LogP contribution in [0.1, 0.15) is 20.0 Å². The summed E-state index contributed by atoms with van der Waals surface area (Å²) < 4.78 is 36.9. The molecule has 1 amide bonds. The number of carbonyl (C=O) groups excluding carboxylic acids is 3. The third-order valence-electron chi connectivity index (χ3n) is 4.35. The zero-order valence-electron chi connectivity index (χ0n) is 16.0. The number of sulfonamides is 1. The summed E-state index contributed by atoms with van der Waals surface area (Å²) in [5, 5.41) is 4.48. The highest BCUT2D eigenvalue weighted by atomic mass is 32.2. The van der Waals surface area contributed by atoms with Gasteiger partial charge in [-0.15, -0.1) is 15.7 Å². The normalized spacial score (nSPS) is 16.0. The lowest BCUT2D eigenvalue weighted by Crippen LogP contribution is -2.35. The molecule has 0 bridgehead atoms. The second-order valence-electron chi connectivity index (χ2n) is 6.38. The first kappa shape index (κ1) is 21.3. The van der Waals surface area contributed by atoms with Crippen molar-refractivity contribution in [1.29, 1.82) is 0 Å². The van der Waals surface area contributed by atoms with Crippen LogP contribution < -0.4 is 10.2 Å². The Bertz CT molecular complexity index is 1220. The molecule has 0 aliphatic carbocycles. The number of thioether (sulfide) groups is 1. The minimum atomic E-state index is -3.47. The number of fused-ring (bicyclic) bond motifs is 3. The van der Waals surface area contributed by atoms with Gasteiger partial charge in [0.1, 0.15) is 4.88 Å². The molecule has 162 valence electrons. The van der Waals surface area contributed by atoms with Crippen LogP contribution in [-0.4, -0.2) is 57.4 Å². The van der Waals surface area contributed by atoms with Gasteiger partial charge in [-0.05, 0) is 41.4 Å². The Balaban J connectivity index is 1.39. The Kier molecular flexibility index (Phi) is 5.73. The number of amidine groups is 1. The number of thiophene rings is 1. The highest BCUT2D eigenvalue weighted by Gasteiger charge is 2.33. The van der Waals surface area contributed by atoms with Gasteiger partial charge in [0.2, 0.25) is 0 Å². The first-order chi connectivity index (χ1) is 14.8. The number of hydrogen-bond acceptors (Lipinski definition) is 10. The van der Waals surface area contributed by atoms with Crippen molar-refractivity contribution < 1.29 is 32.3 Å². The van der Waals surface area contributed by atoms with Crippen LogP contribution in [0.2, 0.25) is 0 Å². The zero-order valence-corrected chi connectivity index (χ0v) is 18.4. The van der Waals surface area contributed by atoms with Crippen LogP contribution in [0.25, 0.3) is 0 Å². The summed E-state index contributed by atoms with van der Waals surface area (Å²) in [6.07, 6.45) is 0. The third kappa shape index (κ3) is 4.43. The van der Waals surface area contributed by atoms with E-state index < -0.39 is 34.5 Å². The van der Waals surface area contributed by atoms with Crippen LogP contribution in [0.5, 0.6) is 0 Å². The number of carbonyl (C=O) groups is 3. The second-order valence-corrected chi connectivity index (χ2v) is 10.1. The lowest BCUT2D eigenvalue weighted by molar-refractivity contribution is -0.119. The molecule has 3 heterocycles. The smallest absolute Gasteiger partial charge is 0.350 e. The molecule has 2 aliphatic heterocycles. The van der Waals surface area contributed by atoms with Gasteiger partial charge in [-0.3, -0.25) is 4.79 Å². The molecule has 0 saturated carbocycles. The molecule has 0 unspecified atom stereocenters. The molecule has 31 heavy (non-hydrogen) atoms. The third-order valence-corrected chi connectivity index (χ3v) is 7.55. The number of nitrogens with zero attached hydrogens (tertiary/aromatic N) is 2. The quantitative estimate of drug-likeness (QED) is 0.636. The first-order valence-corrected chi connectivity index (χ1v) is 12.1. The van der Waals surface area contributed by atoms with Gasteiger partial charge < -0.3 is 19.7 Å². The van der Waals surface area contributed by atoms with Crippen LogP contribution in [0.3, 0.4) is 0 Å². The van der Waals surface area contributed by atoms with Gasteiger partial charge in [0.15, 0.2) is 11.8 Å². The lowest BCUT2D eigenvalue weighted by atomic mass is 10.2. The van der Waals surface area contributed by atoms with Crippen molar-refractivity contribution in [3.8, 4) is 0 Å². The molecule has 0 fully saturated rings. The number of anilines is 2. The Hall–Kier alpha value is -2.90. The Morgan fingerprint density at radius 3 is 2.81 bits per heavy atom. The number of nitrogens with one attached hydrogen (secondary N) is 1. The van der Waals surface area contributed by atoms with Crippen LogP contribution in [-0.2, 0) is 24.3 Å². The number of ether oxygens (including phenoxy) is 2. The number of rotatable bonds is 5. The fourth-order valence-electron chi connectivity index (χ4n) is 2.92. The summed E-state index contributed by atoms with van der Waals surface area (Å²) in [6.45, 7) is -0.252. The molecule has 0 atom stereocenters. The second kappa shape index (κ2) is 8.32. The van der Waals surface area contributed by atoms with Crippen molar-refractivity contribution in [2.45, 2.75) is 4.90 Å². The largest absolute Gasteiger partial charge is 0.465 e. The molecule has 1 aromatic carbocycles. The highest BCUT2D eigenvalue weighted by Crippen LogP contribution is 2.42. The number of esters is 2. The predicted molar refractivity (Wildman–Crippen MR) is 115 cm³/mol. The van der Waals surface area contributed by atoms with Crippen molar-refractivity contribution in [2.24, 2.45) is 4.40 Å². The molecule has 0 spiro atoms. The molecule has 1 N–H and O–H groups in total. The van der Waals surface area contributed by atoms with Crippen molar-refractivity contribution in [1.82, 2.24) is 0 Å². The molecule has 0 saturated heterocycles. The Labute approximate surface area is 185 Å². The summed E-state index contributed by atoms with van der Waals surface area (Å²) in [7, 11) is -2.23. The monoisotopic (exact) mass is 481 g/mol. The molecule has 2 aromatic rings. The summed E-state index contributed by atoms with van der Waals surface area (Å²) in [5.41, 5.74) is 1.26. The fourth-order valence-corrected chi connectivity index (χ4v) is 5.98. The number of benzene rings is 1. The van der Waals surface area contributed by atoms with E-state index in [0.717, 1.165) is 28.8 Å². The summed E-state index contributed by atoms with van der Waals surface area (Å²) in [5.74, 6) is -1.97. The van der Waals surface area contributed by atoms with E-state index in [-0.39, 0.29) is 21.9 Å². The zero-order chi connectivity index (χ0) is 22.2. The van der Waals surface area contributed by atoms with Gasteiger partial charge in [-0.1, -0.05) is 0 Å². The van der Waals surface area contributed by atoms with E-state index in [9.17, 15) is 22.8 Å². The average molecular weight is 482 g/mol. The Morgan fingerprint density at radius 1 is 1.23 bits per heavy atom. The maximum Gasteiger partial charge on any atom is 0.350 e. The van der Waals surface area contributed by atoms with Gasteiger partial charge in [0.25, 0.3) is 15.9 Å². The minimum absolute atomic E-state index is 0.0722. The van der Waals surface area contributed by atoms with Gasteiger partial charge in [-0.2, -0.15) is 0 Å². The average Bonchev–Trinajstić information content (AvgIpc) is 3.33. The van der Waals surface area contributed by atoms with Crippen molar-refractivity contribution in [3.63, 3.8) is 0 Å². The van der Waals surface area contributed by atoms with Crippen molar-refractivity contribution in [3.05, 3.63) is 40.1 Å². The van der Waals surface area contributed by atoms with E-state index in [2.05, 4.69) is 14.5 Å². The van der Waals surface area contributed by atoms with Crippen molar-refractivity contribution in [2.75, 3.05) is 36.2 Å². The maximum absolute atomic E-state index is 12.4. The molecule has 2 aliphatic rings. The van der Waals surface area contributed by atoms with Crippen LogP contribution in [0.4, 0.5) is 11.4 Å². The molecule has 0 radical (unpaired) electrons. The van der Waals surface area contributed by atoms with E-state index in [1.165, 1.54) is 7.11 Å². The fraction of sp³-hybridized carbons (Fsp3) is 0.222. The molecular formula is C18H15N3O7S3. The van der Waals surface area contributed by atoms with Gasteiger partial charge in [-0.25, -0.2) is 18.0 Å². The lowest BCUT2D eigenvalue weighted by Gasteiger charge is -2.22. The Morgan fingerprint density at radius 2 is 2.03 bits per heavy atom. The van der Waals surface area contributed by atoms with E-state index in [4.69, 9.17) is 4.74 Å². The molecule has 13 heteroatoms. The number of hydrogen-bond donors (Lipinski definition) is 1. The molecule has 10 nitrogen and oxygen atoms in total. The molecule has 4 rings (SSSR count). The number of methoxy groups -OCH3 is 1. The SMILES string of the molecule is COC(=O)c1sccc1NC(=O)COC(=O)c1ccc2c(c1)SC1=NS(=O)(=O)CCN12. The van der Waals surface area contributed by atoms with Crippen LogP contribution in [0.15, 0.2) is 38.9 Å². The van der Waals surface area contributed by atoms with E-state index in [1.807, 2.05) is 0 Å². The molecular weight excluding hydrogens is 466 g/mol. The summed E-state index contributed by atoms with van der Waals surface area (Å²) in [6, 6.07) is 6.35. The predicted octanol–water partition coefficient (Wildman–Crippen LogP) is 1.94. The van der Waals surface area contributed by atoms with Gasteiger partial charge in [0, 0.05) is 11.4 Å². The topological polar surface area (TPSA) is 131 Å². The van der Waals surface area contributed by atoms with Crippen LogP contribution in [0, 0.1) is 0 Å². The minimum Gasteiger partial charge on any atom is -0.465 e. The maximum atomic E-state index is 12.4.